The van der Waals surface area contributed by atoms with Gasteiger partial charge in [0, 0.05) is 88.0 Å². The summed E-state index contributed by atoms with van der Waals surface area (Å²) in [5.41, 5.74) is 8.29. The van der Waals surface area contributed by atoms with E-state index in [-0.39, 0.29) is 65.5 Å². The predicted molar refractivity (Wildman–Crippen MR) is 277 cm³/mol. The number of para-hydroxylation sites is 2. The van der Waals surface area contributed by atoms with Gasteiger partial charge in [-0.25, -0.2) is 0 Å². The fourth-order valence-electron chi connectivity index (χ4n) is 14.8. The van der Waals surface area contributed by atoms with Crippen LogP contribution in [-0.4, -0.2) is 85.8 Å². The molecule has 2 aliphatic carbocycles. The molecule has 0 bridgehead atoms. The molecule has 0 radical (unpaired) electrons. The zero-order valence-electron chi connectivity index (χ0n) is 41.4. The average molecular weight is 933 g/mol. The van der Waals surface area contributed by atoms with Crippen molar-refractivity contribution in [2.45, 2.75) is 113 Å². The van der Waals surface area contributed by atoms with Crippen LogP contribution in [-0.2, 0) is 47.5 Å². The van der Waals surface area contributed by atoms with E-state index >= 15 is 0 Å². The summed E-state index contributed by atoms with van der Waals surface area (Å²) in [6.45, 7) is 12.2. The summed E-state index contributed by atoms with van der Waals surface area (Å²) in [7, 11) is 3.28. The number of nitrogens with one attached hydrogen (secondary N) is 2. The van der Waals surface area contributed by atoms with Gasteiger partial charge in [-0.2, -0.15) is 0 Å². The second kappa shape index (κ2) is 16.1. The first-order valence-electron chi connectivity index (χ1n) is 25.6. The molecular formula is C60H64N6O4. The molecule has 12 rings (SSSR count). The Morgan fingerprint density at radius 1 is 0.543 bits per heavy atom. The summed E-state index contributed by atoms with van der Waals surface area (Å²) in [6.07, 6.45) is 4.56. The Morgan fingerprint density at radius 3 is 1.63 bits per heavy atom. The molecule has 1 unspecified atom stereocenters. The number of carbonyl (C=O) groups is 4. The highest BCUT2D eigenvalue weighted by molar-refractivity contribution is 6.11. The Hall–Kier alpha value is -6.36. The molecule has 0 spiro atoms. The SMILES string of the molecule is CNC(=O)C[C@@]1(C)C(=O)N(C2CCN([C@@]3(C)Cc4cccc5c(C6c7cccc8cccc(c78)[C@@]6(C)N6CCC(N7C(=O)[C@@](C)(CC(=O)NC)c8ccccc87)CC6)ccc3c45)CC2)c2ccccc21. The number of nitrogens with zero attached hydrogens (tertiary/aromatic N) is 4. The van der Waals surface area contributed by atoms with E-state index in [2.05, 4.69) is 113 Å². The van der Waals surface area contributed by atoms with Crippen LogP contribution < -0.4 is 20.4 Å². The van der Waals surface area contributed by atoms with Crippen molar-refractivity contribution in [2.24, 2.45) is 0 Å². The number of anilines is 2. The highest BCUT2D eigenvalue weighted by Gasteiger charge is 2.55. The van der Waals surface area contributed by atoms with Gasteiger partial charge in [0.15, 0.2) is 0 Å². The molecule has 2 saturated heterocycles. The smallest absolute Gasteiger partial charge is 0.238 e. The summed E-state index contributed by atoms with van der Waals surface area (Å²) < 4.78 is 0. The third-order valence-corrected chi connectivity index (χ3v) is 18.4. The van der Waals surface area contributed by atoms with Crippen LogP contribution in [0.5, 0.6) is 0 Å². The molecule has 4 aliphatic heterocycles. The minimum Gasteiger partial charge on any atom is -0.359 e. The molecule has 4 amide bonds. The fourth-order valence-corrected chi connectivity index (χ4v) is 14.8. The molecule has 70 heavy (non-hydrogen) atoms. The van der Waals surface area contributed by atoms with Gasteiger partial charge in [0.2, 0.25) is 23.6 Å². The first kappa shape index (κ1) is 44.8. The summed E-state index contributed by atoms with van der Waals surface area (Å²) in [6, 6.07) is 41.8. The topological polar surface area (TPSA) is 105 Å². The molecule has 0 saturated carbocycles. The highest BCUT2D eigenvalue weighted by Crippen LogP contribution is 2.59. The minimum atomic E-state index is -0.908. The van der Waals surface area contributed by atoms with Gasteiger partial charge in [0.05, 0.1) is 16.4 Å². The van der Waals surface area contributed by atoms with Crippen LogP contribution in [0.1, 0.15) is 111 Å². The summed E-state index contributed by atoms with van der Waals surface area (Å²) in [4.78, 5) is 64.0. The van der Waals surface area contributed by atoms with E-state index in [0.29, 0.717) is 0 Å². The van der Waals surface area contributed by atoms with Gasteiger partial charge in [0.1, 0.15) is 0 Å². The molecule has 2 fully saturated rings. The van der Waals surface area contributed by atoms with Crippen molar-refractivity contribution in [2.75, 3.05) is 50.1 Å². The Labute approximate surface area is 411 Å². The van der Waals surface area contributed by atoms with Crippen LogP contribution in [0.2, 0.25) is 0 Å². The van der Waals surface area contributed by atoms with Crippen molar-refractivity contribution < 1.29 is 19.2 Å². The van der Waals surface area contributed by atoms with Gasteiger partial charge in [0.25, 0.3) is 0 Å². The van der Waals surface area contributed by atoms with E-state index < -0.39 is 10.8 Å². The Bertz CT molecular complexity index is 3180. The van der Waals surface area contributed by atoms with Gasteiger partial charge >= 0.3 is 0 Å². The van der Waals surface area contributed by atoms with Crippen LogP contribution >= 0.6 is 0 Å². The number of piperidine rings is 2. The molecule has 6 aromatic carbocycles. The first-order chi connectivity index (χ1) is 33.8. The second-order valence-corrected chi connectivity index (χ2v) is 22.0. The van der Waals surface area contributed by atoms with Crippen LogP contribution in [0, 0.1) is 0 Å². The Balaban J connectivity index is 0.850. The Kier molecular flexibility index (Phi) is 10.3. The maximum atomic E-state index is 14.6. The van der Waals surface area contributed by atoms with Crippen LogP contribution in [0.15, 0.2) is 115 Å². The molecule has 358 valence electrons. The number of benzene rings is 6. The van der Waals surface area contributed by atoms with E-state index in [1.807, 2.05) is 60.0 Å². The normalized spacial score (nSPS) is 27.7. The van der Waals surface area contributed by atoms with Gasteiger partial charge in [-0.05, 0) is 132 Å². The van der Waals surface area contributed by atoms with Crippen LogP contribution in [0.3, 0.4) is 0 Å². The zero-order valence-corrected chi connectivity index (χ0v) is 41.4. The van der Waals surface area contributed by atoms with Gasteiger partial charge in [-0.1, -0.05) is 103 Å². The van der Waals surface area contributed by atoms with Crippen molar-refractivity contribution in [1.29, 1.82) is 0 Å². The number of hydrogen-bond donors (Lipinski definition) is 2. The number of amides is 4. The maximum Gasteiger partial charge on any atom is 0.238 e. The van der Waals surface area contributed by atoms with Crippen molar-refractivity contribution in [3.8, 4) is 0 Å². The molecule has 10 heteroatoms. The summed E-state index contributed by atoms with van der Waals surface area (Å²) in [5.74, 6) is -0.130. The maximum absolute atomic E-state index is 14.6. The lowest BCUT2D eigenvalue weighted by molar-refractivity contribution is -0.129. The lowest BCUT2D eigenvalue weighted by Gasteiger charge is -2.49. The molecule has 4 heterocycles. The van der Waals surface area contributed by atoms with Gasteiger partial charge in [-0.15, -0.1) is 0 Å². The Morgan fingerprint density at radius 2 is 1.06 bits per heavy atom. The zero-order chi connectivity index (χ0) is 48.5. The van der Waals surface area contributed by atoms with E-state index in [1.165, 1.54) is 49.4 Å². The minimum absolute atomic E-state index is 0.0247. The molecule has 0 aromatic heterocycles. The van der Waals surface area contributed by atoms with E-state index in [4.69, 9.17) is 0 Å². The van der Waals surface area contributed by atoms with E-state index in [1.54, 1.807) is 14.1 Å². The monoisotopic (exact) mass is 932 g/mol. The predicted octanol–water partition coefficient (Wildman–Crippen LogP) is 8.94. The van der Waals surface area contributed by atoms with Crippen molar-refractivity contribution in [3.63, 3.8) is 0 Å². The van der Waals surface area contributed by atoms with Crippen molar-refractivity contribution in [1.82, 2.24) is 20.4 Å². The van der Waals surface area contributed by atoms with Crippen LogP contribution in [0.4, 0.5) is 11.4 Å². The van der Waals surface area contributed by atoms with Crippen molar-refractivity contribution >= 4 is 56.5 Å². The number of fused-ring (bicyclic) bond motifs is 2. The third kappa shape index (κ3) is 6.17. The van der Waals surface area contributed by atoms with E-state index in [0.717, 1.165) is 80.8 Å². The molecule has 5 atom stereocenters. The summed E-state index contributed by atoms with van der Waals surface area (Å²) >= 11 is 0. The number of likely N-dealkylation sites (tertiary alicyclic amines) is 2. The molecule has 2 N–H and O–H groups in total. The third-order valence-electron chi connectivity index (χ3n) is 18.4. The number of carbonyl (C=O) groups excluding carboxylic acids is 4. The largest absolute Gasteiger partial charge is 0.359 e. The number of hydrogen-bond acceptors (Lipinski definition) is 6. The lowest BCUT2D eigenvalue weighted by Crippen LogP contribution is -2.55. The average Bonchev–Trinajstić information content (AvgIpc) is 3.99. The standard InChI is InChI=1S/C60H64N6O4/c1-57(35-50(67)61-5)44-19-7-9-22-48(44)65(55(57)69)39-26-30-63(31-27-39)59(3)34-38-16-12-17-41-42(24-25-46(59)53(38)41)54-43-18-11-14-37-15-13-21-47(52(37)43)60(54,4)64-32-28-40(29-33-64)66-49-23-10-8-20-45(49)58(2,56(66)70)36-51(68)62-6/h7-25,39-40,54H,26-36H2,1-6H3,(H,61,67)(H,62,68)/t54?,57-,58+,59+,60-/m1/s1. The van der Waals surface area contributed by atoms with Gasteiger partial charge < -0.3 is 20.4 Å². The molecule has 6 aliphatic rings. The molecule has 10 nitrogen and oxygen atoms in total. The van der Waals surface area contributed by atoms with Crippen molar-refractivity contribution in [3.05, 3.63) is 154 Å². The fraction of sp³-hybridized carbons (Fsp3) is 0.400. The quantitative estimate of drug-likeness (QED) is 0.150. The molecular weight excluding hydrogens is 869 g/mol. The summed E-state index contributed by atoms with van der Waals surface area (Å²) in [5, 5.41) is 10.8. The van der Waals surface area contributed by atoms with Crippen LogP contribution in [0.25, 0.3) is 21.5 Å². The highest BCUT2D eigenvalue weighted by atomic mass is 16.2. The van der Waals surface area contributed by atoms with Gasteiger partial charge in [-0.3, -0.25) is 29.0 Å². The second-order valence-electron chi connectivity index (χ2n) is 22.0. The first-order valence-corrected chi connectivity index (χ1v) is 25.6. The number of rotatable bonds is 9. The lowest BCUT2D eigenvalue weighted by atomic mass is 9.74. The van der Waals surface area contributed by atoms with E-state index in [9.17, 15) is 19.2 Å². The molecule has 6 aromatic rings.